The molecule has 0 bridgehead atoms. The summed E-state index contributed by atoms with van der Waals surface area (Å²) >= 11 is 1.67. The number of carbonyl (C=O) groups is 2. The molecule has 0 unspecified atom stereocenters. The van der Waals surface area contributed by atoms with E-state index in [1.165, 1.54) is 5.56 Å². The maximum atomic E-state index is 13.6. The van der Waals surface area contributed by atoms with Crippen LogP contribution in [0.2, 0.25) is 0 Å². The van der Waals surface area contributed by atoms with Gasteiger partial charge in [0.05, 0.1) is 0 Å². The van der Waals surface area contributed by atoms with Crippen molar-refractivity contribution < 1.29 is 9.59 Å². The lowest BCUT2D eigenvalue weighted by Gasteiger charge is -2.32. The summed E-state index contributed by atoms with van der Waals surface area (Å²) in [5.74, 6) is 0.550. The Kier molecular flexibility index (Phi) is 9.77. The minimum atomic E-state index is -0.571. The van der Waals surface area contributed by atoms with E-state index in [-0.39, 0.29) is 11.8 Å². The fourth-order valence-electron chi connectivity index (χ4n) is 3.85. The van der Waals surface area contributed by atoms with Crippen LogP contribution in [0.25, 0.3) is 0 Å². The van der Waals surface area contributed by atoms with E-state index in [0.717, 1.165) is 21.6 Å². The van der Waals surface area contributed by atoms with Crippen molar-refractivity contribution in [2.24, 2.45) is 0 Å². The number of aryl methyl sites for hydroxylation is 2. The van der Waals surface area contributed by atoms with Gasteiger partial charge in [-0.3, -0.25) is 9.59 Å². The quantitative estimate of drug-likeness (QED) is 0.370. The molecule has 3 rings (SSSR count). The van der Waals surface area contributed by atoms with Gasteiger partial charge in [-0.05, 0) is 49.6 Å². The normalized spacial score (nSPS) is 11.6. The van der Waals surface area contributed by atoms with E-state index in [2.05, 4.69) is 36.5 Å². The monoisotopic (exact) mass is 474 g/mol. The largest absolute Gasteiger partial charge is 0.355 e. The first-order chi connectivity index (χ1) is 16.5. The molecule has 0 fully saturated rings. The zero-order valence-corrected chi connectivity index (χ0v) is 21.1. The molecule has 0 saturated carbocycles. The van der Waals surface area contributed by atoms with Crippen LogP contribution < -0.4 is 5.32 Å². The fraction of sp³-hybridized carbons (Fsp3) is 0.310. The SMILES string of the molecule is CCNC(=O)[C@@H](Cc1ccccc1)N(Cc1ccccc1C)C(=O)CCSc1ccc(C)cc1. The Morgan fingerprint density at radius 3 is 2.26 bits per heavy atom. The molecule has 34 heavy (non-hydrogen) atoms. The van der Waals surface area contributed by atoms with Crippen molar-refractivity contribution in [1.29, 1.82) is 0 Å². The van der Waals surface area contributed by atoms with Crippen molar-refractivity contribution in [3.8, 4) is 0 Å². The van der Waals surface area contributed by atoms with Gasteiger partial charge in [-0.2, -0.15) is 0 Å². The smallest absolute Gasteiger partial charge is 0.243 e. The molecule has 5 heteroatoms. The Morgan fingerprint density at radius 1 is 0.912 bits per heavy atom. The number of thioether (sulfide) groups is 1. The van der Waals surface area contributed by atoms with E-state index >= 15 is 0 Å². The zero-order valence-electron chi connectivity index (χ0n) is 20.3. The molecule has 0 heterocycles. The van der Waals surface area contributed by atoms with Crippen LogP contribution in [0.5, 0.6) is 0 Å². The topological polar surface area (TPSA) is 49.4 Å². The number of nitrogens with one attached hydrogen (secondary N) is 1. The third kappa shape index (κ3) is 7.49. The number of hydrogen-bond donors (Lipinski definition) is 1. The van der Waals surface area contributed by atoms with Crippen LogP contribution in [0.3, 0.4) is 0 Å². The van der Waals surface area contributed by atoms with Gasteiger partial charge in [0.2, 0.25) is 11.8 Å². The molecule has 0 spiro atoms. The molecule has 0 aromatic heterocycles. The summed E-state index contributed by atoms with van der Waals surface area (Å²) in [6.07, 6.45) is 0.852. The summed E-state index contributed by atoms with van der Waals surface area (Å²) in [5, 5.41) is 2.95. The van der Waals surface area contributed by atoms with Crippen LogP contribution >= 0.6 is 11.8 Å². The first kappa shape index (κ1) is 25.6. The Hall–Kier alpha value is -3.05. The molecule has 0 aliphatic carbocycles. The highest BCUT2D eigenvalue weighted by Crippen LogP contribution is 2.22. The average molecular weight is 475 g/mol. The summed E-state index contributed by atoms with van der Waals surface area (Å²) in [6, 6.07) is 25.7. The van der Waals surface area contributed by atoms with Crippen molar-refractivity contribution in [3.63, 3.8) is 0 Å². The summed E-state index contributed by atoms with van der Waals surface area (Å²) < 4.78 is 0. The van der Waals surface area contributed by atoms with Crippen LogP contribution in [0.4, 0.5) is 0 Å². The number of hydrogen-bond acceptors (Lipinski definition) is 3. The molecule has 0 radical (unpaired) electrons. The van der Waals surface area contributed by atoms with E-state index in [1.807, 2.05) is 68.4 Å². The number of carbonyl (C=O) groups excluding carboxylic acids is 2. The highest BCUT2D eigenvalue weighted by atomic mass is 32.2. The number of rotatable bonds is 11. The predicted molar refractivity (Wildman–Crippen MR) is 141 cm³/mol. The summed E-state index contributed by atoms with van der Waals surface area (Å²) in [7, 11) is 0. The molecule has 2 amide bonds. The minimum Gasteiger partial charge on any atom is -0.355 e. The number of benzene rings is 3. The maximum Gasteiger partial charge on any atom is 0.243 e. The first-order valence-electron chi connectivity index (χ1n) is 11.8. The molecular weight excluding hydrogens is 440 g/mol. The molecule has 0 aliphatic rings. The Labute approximate surface area is 207 Å². The van der Waals surface area contributed by atoms with E-state index in [0.29, 0.717) is 31.7 Å². The Bertz CT molecular complexity index is 1070. The van der Waals surface area contributed by atoms with Crippen molar-refractivity contribution in [2.75, 3.05) is 12.3 Å². The molecule has 4 nitrogen and oxygen atoms in total. The lowest BCUT2D eigenvalue weighted by molar-refractivity contribution is -0.140. The van der Waals surface area contributed by atoms with E-state index in [1.54, 1.807) is 16.7 Å². The standard InChI is InChI=1S/C29H34N2O2S/c1-4-30-29(33)27(20-24-11-6-5-7-12-24)31(21-25-13-9-8-10-23(25)3)28(32)18-19-34-26-16-14-22(2)15-17-26/h5-17,27H,4,18-21H2,1-3H3,(H,30,33)/t27-/m1/s1. The minimum absolute atomic E-state index is 0.00458. The number of nitrogens with zero attached hydrogens (tertiary/aromatic N) is 1. The van der Waals surface area contributed by atoms with Gasteiger partial charge in [0.15, 0.2) is 0 Å². The maximum absolute atomic E-state index is 13.6. The summed E-state index contributed by atoms with van der Waals surface area (Å²) in [4.78, 5) is 29.7. The van der Waals surface area contributed by atoms with Crippen molar-refractivity contribution in [2.45, 2.75) is 51.1 Å². The highest BCUT2D eigenvalue weighted by molar-refractivity contribution is 7.99. The van der Waals surface area contributed by atoms with Gasteiger partial charge in [0.1, 0.15) is 6.04 Å². The highest BCUT2D eigenvalue weighted by Gasteiger charge is 2.30. The molecule has 1 atom stereocenters. The molecule has 3 aromatic carbocycles. The van der Waals surface area contributed by atoms with Gasteiger partial charge in [0, 0.05) is 36.6 Å². The third-order valence-corrected chi connectivity index (χ3v) is 6.84. The van der Waals surface area contributed by atoms with Gasteiger partial charge in [-0.1, -0.05) is 72.3 Å². The van der Waals surface area contributed by atoms with Gasteiger partial charge < -0.3 is 10.2 Å². The van der Waals surface area contributed by atoms with E-state index in [9.17, 15) is 9.59 Å². The molecule has 1 N–H and O–H groups in total. The van der Waals surface area contributed by atoms with Crippen LogP contribution in [0.15, 0.2) is 83.8 Å². The van der Waals surface area contributed by atoms with Crippen LogP contribution in [0.1, 0.15) is 35.6 Å². The van der Waals surface area contributed by atoms with Gasteiger partial charge in [-0.25, -0.2) is 0 Å². The van der Waals surface area contributed by atoms with Gasteiger partial charge in [-0.15, -0.1) is 11.8 Å². The first-order valence-corrected chi connectivity index (χ1v) is 12.8. The van der Waals surface area contributed by atoms with Gasteiger partial charge >= 0.3 is 0 Å². The van der Waals surface area contributed by atoms with Crippen LogP contribution in [-0.4, -0.2) is 35.1 Å². The van der Waals surface area contributed by atoms with Crippen LogP contribution in [-0.2, 0) is 22.6 Å². The van der Waals surface area contributed by atoms with Crippen molar-refractivity contribution in [1.82, 2.24) is 10.2 Å². The van der Waals surface area contributed by atoms with Crippen molar-refractivity contribution in [3.05, 3.63) is 101 Å². The lowest BCUT2D eigenvalue weighted by Crippen LogP contribution is -2.50. The molecular formula is C29H34N2O2S. The Morgan fingerprint density at radius 2 is 1.59 bits per heavy atom. The average Bonchev–Trinajstić information content (AvgIpc) is 2.84. The number of likely N-dealkylation sites (N-methyl/N-ethyl adjacent to an activating group) is 1. The molecule has 0 saturated heterocycles. The third-order valence-electron chi connectivity index (χ3n) is 5.83. The predicted octanol–water partition coefficient (Wildman–Crippen LogP) is 5.56. The summed E-state index contributed by atoms with van der Waals surface area (Å²) in [5.41, 5.74) is 4.43. The van der Waals surface area contributed by atoms with Crippen LogP contribution in [0, 0.1) is 13.8 Å². The second-order valence-corrected chi connectivity index (χ2v) is 9.63. The zero-order chi connectivity index (χ0) is 24.3. The Balaban J connectivity index is 1.82. The van der Waals surface area contributed by atoms with Crippen molar-refractivity contribution >= 4 is 23.6 Å². The second-order valence-electron chi connectivity index (χ2n) is 8.46. The lowest BCUT2D eigenvalue weighted by atomic mass is 10.0. The molecule has 3 aromatic rings. The number of amides is 2. The van der Waals surface area contributed by atoms with E-state index < -0.39 is 6.04 Å². The van der Waals surface area contributed by atoms with E-state index in [4.69, 9.17) is 0 Å². The fourth-order valence-corrected chi connectivity index (χ4v) is 4.69. The second kappa shape index (κ2) is 13.0. The summed E-state index contributed by atoms with van der Waals surface area (Å²) in [6.45, 7) is 6.96. The molecule has 178 valence electrons. The van der Waals surface area contributed by atoms with Gasteiger partial charge in [0.25, 0.3) is 0 Å². The molecule has 0 aliphatic heterocycles.